The standard InChI is InChI=1S/C22H18N4O4/c1-13-20(27)25(2)16-10-11-18(24-19(16)30-13)26-21(28)14-7-3-4-8-15(14)22(26,29)17-9-5-6-12-23-17/h3-13,29H,1-2H3. The van der Waals surface area contributed by atoms with Gasteiger partial charge in [0.05, 0.1) is 5.69 Å². The van der Waals surface area contributed by atoms with Crippen molar-refractivity contribution in [2.75, 3.05) is 16.8 Å². The van der Waals surface area contributed by atoms with Crippen LogP contribution in [0.2, 0.25) is 0 Å². The van der Waals surface area contributed by atoms with Crippen LogP contribution in [0.3, 0.4) is 0 Å². The van der Waals surface area contributed by atoms with Gasteiger partial charge < -0.3 is 14.7 Å². The molecule has 0 aliphatic carbocycles. The number of ether oxygens (including phenoxy) is 1. The second-order valence-corrected chi connectivity index (χ2v) is 7.22. The third-order valence-corrected chi connectivity index (χ3v) is 5.46. The molecule has 0 saturated carbocycles. The first-order chi connectivity index (χ1) is 14.4. The van der Waals surface area contributed by atoms with Crippen molar-refractivity contribution in [3.63, 3.8) is 0 Å². The van der Waals surface area contributed by atoms with Crippen molar-refractivity contribution in [2.24, 2.45) is 0 Å². The molecule has 0 fully saturated rings. The lowest BCUT2D eigenvalue weighted by molar-refractivity contribution is -0.125. The Hall–Kier alpha value is -3.78. The molecule has 0 radical (unpaired) electrons. The Morgan fingerprint density at radius 3 is 2.60 bits per heavy atom. The zero-order valence-corrected chi connectivity index (χ0v) is 16.3. The van der Waals surface area contributed by atoms with E-state index >= 15 is 0 Å². The third kappa shape index (κ3) is 2.37. The van der Waals surface area contributed by atoms with Crippen LogP contribution in [-0.2, 0) is 10.5 Å². The van der Waals surface area contributed by atoms with E-state index in [4.69, 9.17) is 4.74 Å². The molecule has 2 aliphatic rings. The first-order valence-electron chi connectivity index (χ1n) is 9.46. The van der Waals surface area contributed by atoms with Crippen LogP contribution in [0.25, 0.3) is 0 Å². The van der Waals surface area contributed by atoms with E-state index < -0.39 is 17.7 Å². The summed E-state index contributed by atoms with van der Waals surface area (Å²) in [5.41, 5.74) is -0.253. The van der Waals surface area contributed by atoms with Gasteiger partial charge in [-0.15, -0.1) is 0 Å². The number of aromatic nitrogens is 2. The van der Waals surface area contributed by atoms with E-state index in [1.54, 1.807) is 74.8 Å². The minimum atomic E-state index is -1.84. The number of amides is 2. The predicted octanol–water partition coefficient (Wildman–Crippen LogP) is 2.07. The van der Waals surface area contributed by atoms with Crippen LogP contribution in [-0.4, -0.2) is 40.0 Å². The molecule has 8 heteroatoms. The highest BCUT2D eigenvalue weighted by molar-refractivity contribution is 6.12. The smallest absolute Gasteiger partial charge is 0.267 e. The molecule has 150 valence electrons. The lowest BCUT2D eigenvalue weighted by Gasteiger charge is -2.34. The molecule has 0 saturated heterocycles. The van der Waals surface area contributed by atoms with Gasteiger partial charge in [-0.2, -0.15) is 4.98 Å². The number of carbonyl (C=O) groups is 2. The molecule has 5 rings (SSSR count). The Morgan fingerprint density at radius 1 is 1.07 bits per heavy atom. The van der Waals surface area contributed by atoms with Crippen LogP contribution in [0.5, 0.6) is 5.88 Å². The fourth-order valence-electron chi connectivity index (χ4n) is 3.95. The molecule has 2 atom stereocenters. The zero-order chi connectivity index (χ0) is 21.0. The molecular weight excluding hydrogens is 384 g/mol. The number of anilines is 2. The maximum Gasteiger partial charge on any atom is 0.267 e. The van der Waals surface area contributed by atoms with E-state index in [0.29, 0.717) is 22.5 Å². The minimum Gasteiger partial charge on any atom is -0.463 e. The maximum atomic E-state index is 13.3. The summed E-state index contributed by atoms with van der Waals surface area (Å²) in [6.07, 6.45) is 0.856. The van der Waals surface area contributed by atoms with Crippen molar-refractivity contribution < 1.29 is 19.4 Å². The number of nitrogens with zero attached hydrogens (tertiary/aromatic N) is 4. The van der Waals surface area contributed by atoms with Gasteiger partial charge in [0.1, 0.15) is 11.5 Å². The van der Waals surface area contributed by atoms with Crippen molar-refractivity contribution in [3.8, 4) is 5.88 Å². The number of aliphatic hydroxyl groups is 1. The molecule has 2 aromatic heterocycles. The summed E-state index contributed by atoms with van der Waals surface area (Å²) < 4.78 is 5.66. The normalized spacial score (nSPS) is 22.6. The summed E-state index contributed by atoms with van der Waals surface area (Å²) in [6, 6.07) is 15.2. The Bertz CT molecular complexity index is 1180. The number of fused-ring (bicyclic) bond motifs is 2. The summed E-state index contributed by atoms with van der Waals surface area (Å²) in [6.45, 7) is 1.64. The fourth-order valence-corrected chi connectivity index (χ4v) is 3.95. The second-order valence-electron chi connectivity index (χ2n) is 7.22. The van der Waals surface area contributed by atoms with Crippen LogP contribution < -0.4 is 14.5 Å². The number of pyridine rings is 2. The number of hydrogen-bond donors (Lipinski definition) is 1. The van der Waals surface area contributed by atoms with Crippen LogP contribution in [0.4, 0.5) is 11.5 Å². The van der Waals surface area contributed by atoms with Gasteiger partial charge in [0, 0.05) is 24.4 Å². The number of hydrogen-bond acceptors (Lipinski definition) is 6. The molecule has 2 amide bonds. The SMILES string of the molecule is CC1Oc2nc(N3C(=O)c4ccccc4C3(O)c3ccccn3)ccc2N(C)C1=O. The first-order valence-corrected chi connectivity index (χ1v) is 9.46. The lowest BCUT2D eigenvalue weighted by atomic mass is 9.97. The Kier molecular flexibility index (Phi) is 3.87. The van der Waals surface area contributed by atoms with Gasteiger partial charge in [-0.25, -0.2) is 0 Å². The number of likely N-dealkylation sites (N-methyl/N-ethyl adjacent to an activating group) is 1. The molecule has 4 heterocycles. The third-order valence-electron chi connectivity index (χ3n) is 5.46. The van der Waals surface area contributed by atoms with E-state index in [1.807, 2.05) is 0 Å². The highest BCUT2D eigenvalue weighted by Crippen LogP contribution is 2.45. The lowest BCUT2D eigenvalue weighted by Crippen LogP contribution is -2.46. The second kappa shape index (κ2) is 6.36. The zero-order valence-electron chi connectivity index (χ0n) is 16.3. The van der Waals surface area contributed by atoms with Gasteiger partial charge >= 0.3 is 0 Å². The van der Waals surface area contributed by atoms with Crippen molar-refractivity contribution in [1.29, 1.82) is 0 Å². The topological polar surface area (TPSA) is 95.9 Å². The van der Waals surface area contributed by atoms with Gasteiger partial charge in [0.25, 0.3) is 11.8 Å². The van der Waals surface area contributed by atoms with Crippen molar-refractivity contribution in [1.82, 2.24) is 9.97 Å². The van der Waals surface area contributed by atoms with Gasteiger partial charge in [-0.05, 0) is 37.3 Å². The molecule has 30 heavy (non-hydrogen) atoms. The average Bonchev–Trinajstić information content (AvgIpc) is 3.00. The van der Waals surface area contributed by atoms with Crippen molar-refractivity contribution in [3.05, 3.63) is 77.6 Å². The Morgan fingerprint density at radius 2 is 1.83 bits per heavy atom. The molecule has 3 aromatic rings. The molecule has 1 N–H and O–H groups in total. The molecule has 2 aliphatic heterocycles. The van der Waals surface area contributed by atoms with E-state index in [9.17, 15) is 14.7 Å². The van der Waals surface area contributed by atoms with Crippen molar-refractivity contribution >= 4 is 23.3 Å². The minimum absolute atomic E-state index is 0.188. The quantitative estimate of drug-likeness (QED) is 0.705. The first kappa shape index (κ1) is 18.3. The Balaban J connectivity index is 1.70. The Labute approximate surface area is 172 Å². The van der Waals surface area contributed by atoms with Crippen LogP contribution in [0.1, 0.15) is 28.5 Å². The van der Waals surface area contributed by atoms with Crippen LogP contribution in [0, 0.1) is 0 Å². The molecule has 0 bridgehead atoms. The highest BCUT2D eigenvalue weighted by Gasteiger charge is 2.52. The number of benzene rings is 1. The number of rotatable bonds is 2. The van der Waals surface area contributed by atoms with Crippen LogP contribution in [0.15, 0.2) is 60.8 Å². The van der Waals surface area contributed by atoms with Gasteiger partial charge in [0.2, 0.25) is 11.6 Å². The van der Waals surface area contributed by atoms with Gasteiger partial charge in [0.15, 0.2) is 6.10 Å². The summed E-state index contributed by atoms with van der Waals surface area (Å²) in [5.74, 6) is -0.182. The monoisotopic (exact) mass is 402 g/mol. The molecular formula is C22H18N4O4. The van der Waals surface area contributed by atoms with Crippen LogP contribution >= 0.6 is 0 Å². The fraction of sp³-hybridized carbons (Fsp3) is 0.182. The highest BCUT2D eigenvalue weighted by atomic mass is 16.5. The van der Waals surface area contributed by atoms with Gasteiger partial charge in [-0.3, -0.25) is 19.5 Å². The summed E-state index contributed by atoms with van der Waals surface area (Å²) in [4.78, 5) is 37.0. The number of carbonyl (C=O) groups excluding carboxylic acids is 2. The molecule has 2 unspecified atom stereocenters. The van der Waals surface area contributed by atoms with E-state index in [1.165, 1.54) is 9.80 Å². The van der Waals surface area contributed by atoms with Crippen molar-refractivity contribution in [2.45, 2.75) is 18.8 Å². The van der Waals surface area contributed by atoms with E-state index in [0.717, 1.165) is 0 Å². The maximum absolute atomic E-state index is 13.3. The van der Waals surface area contributed by atoms with E-state index in [2.05, 4.69) is 9.97 Å². The molecule has 8 nitrogen and oxygen atoms in total. The van der Waals surface area contributed by atoms with E-state index in [-0.39, 0.29) is 17.6 Å². The largest absolute Gasteiger partial charge is 0.463 e. The summed E-state index contributed by atoms with van der Waals surface area (Å²) in [5, 5.41) is 11.8. The molecule has 1 aromatic carbocycles. The summed E-state index contributed by atoms with van der Waals surface area (Å²) in [7, 11) is 1.64. The summed E-state index contributed by atoms with van der Waals surface area (Å²) >= 11 is 0. The van der Waals surface area contributed by atoms with Gasteiger partial charge in [-0.1, -0.05) is 24.3 Å². The molecule has 0 spiro atoms. The predicted molar refractivity (Wildman–Crippen MR) is 108 cm³/mol. The average molecular weight is 402 g/mol.